The standard InChI is InChI=1S/3C34H28O2.Bi/c3*1-24-22-29(31(25-14-6-2-7-15-25)26-16-8-3-9-17-26)33(34(35)36)30(23-24)32(27-18-10-4-11-19-27)28-20-12-5-13-21-28;/h3*2-23,31-32H,1H3,(H,35,36);/q;;;+3/p-3. The summed E-state index contributed by atoms with van der Waals surface area (Å²) in [4.78, 5) is 38.9. The summed E-state index contributed by atoms with van der Waals surface area (Å²) in [6, 6.07) is 133. The van der Waals surface area contributed by atoms with E-state index in [-0.39, 0.29) is 78.4 Å². The van der Waals surface area contributed by atoms with Gasteiger partial charge in [0.25, 0.3) is 0 Å². The van der Waals surface area contributed by atoms with Gasteiger partial charge in [-0.15, -0.1) is 0 Å². The van der Waals surface area contributed by atoms with Gasteiger partial charge in [0.05, 0.1) is 17.9 Å². The number of carbonyl (C=O) groups is 3. The number of benzene rings is 15. The Labute approximate surface area is 659 Å². The summed E-state index contributed by atoms with van der Waals surface area (Å²) in [6.07, 6.45) is 0. The molecular formula is C102H81BiO6. The Morgan fingerprint density at radius 2 is 0.275 bits per heavy atom. The van der Waals surface area contributed by atoms with E-state index in [9.17, 15) is 29.7 Å². The van der Waals surface area contributed by atoms with E-state index >= 15 is 0 Å². The monoisotopic (exact) mass is 1610 g/mol. The molecule has 0 spiro atoms. The molecule has 6 nitrogen and oxygen atoms in total. The van der Waals surface area contributed by atoms with Gasteiger partial charge in [0.1, 0.15) is 0 Å². The molecule has 15 aromatic rings. The first-order valence-electron chi connectivity index (χ1n) is 36.6. The maximum atomic E-state index is 13.0. The number of hydrogen-bond donors (Lipinski definition) is 0. The number of rotatable bonds is 21. The third-order valence-corrected chi connectivity index (χ3v) is 20.1. The van der Waals surface area contributed by atoms with Crippen LogP contribution in [-0.4, -0.2) is 44.1 Å². The van der Waals surface area contributed by atoms with Crippen molar-refractivity contribution in [2.45, 2.75) is 56.3 Å². The van der Waals surface area contributed by atoms with Gasteiger partial charge in [0.15, 0.2) is 0 Å². The summed E-state index contributed by atoms with van der Waals surface area (Å²) in [6.45, 7) is 6.10. The summed E-state index contributed by atoms with van der Waals surface area (Å²) >= 11 is 0. The second kappa shape index (κ2) is 36.7. The molecule has 0 saturated carbocycles. The van der Waals surface area contributed by atoms with Crippen LogP contribution in [0.1, 0.15) is 183 Å². The minimum atomic E-state index is -1.16. The van der Waals surface area contributed by atoms with E-state index in [4.69, 9.17) is 0 Å². The van der Waals surface area contributed by atoms with E-state index in [1.165, 1.54) is 0 Å². The number of aryl methyl sites for hydroxylation is 3. The topological polar surface area (TPSA) is 120 Å². The second-order valence-electron chi connectivity index (χ2n) is 27.3. The number of hydrogen-bond acceptors (Lipinski definition) is 6. The second-order valence-corrected chi connectivity index (χ2v) is 27.3. The van der Waals surface area contributed by atoms with Gasteiger partial charge in [-0.2, -0.15) is 0 Å². The molecule has 0 fully saturated rings. The van der Waals surface area contributed by atoms with Crippen LogP contribution in [0, 0.1) is 20.8 Å². The molecule has 0 aliphatic heterocycles. The summed E-state index contributed by atoms with van der Waals surface area (Å²) in [5, 5.41) is 38.9. The van der Waals surface area contributed by atoms with Crippen LogP contribution in [0.3, 0.4) is 0 Å². The Hall–Kier alpha value is -12.4. The zero-order valence-electron chi connectivity index (χ0n) is 61.0. The third-order valence-electron chi connectivity index (χ3n) is 20.1. The van der Waals surface area contributed by atoms with Gasteiger partial charge in [0.2, 0.25) is 0 Å². The Kier molecular flexibility index (Phi) is 25.7. The molecule has 0 N–H and O–H groups in total. The molecule has 0 amide bonds. The van der Waals surface area contributed by atoms with Gasteiger partial charge in [-0.05, 0) is 121 Å². The first kappa shape index (κ1) is 76.2. The van der Waals surface area contributed by atoms with Crippen LogP contribution in [0.2, 0.25) is 0 Å². The summed E-state index contributed by atoms with van der Waals surface area (Å²) in [5.74, 6) is -4.94. The molecule has 0 aromatic heterocycles. The number of carboxylic acid groups (broad SMARTS) is 3. The smallest absolute Gasteiger partial charge is 0.545 e. The van der Waals surface area contributed by atoms with Crippen LogP contribution in [0.5, 0.6) is 0 Å². The molecule has 109 heavy (non-hydrogen) atoms. The number of carboxylic acids is 3. The van der Waals surface area contributed by atoms with E-state index < -0.39 is 17.9 Å². The van der Waals surface area contributed by atoms with Gasteiger partial charge >= 0.3 is 26.2 Å². The van der Waals surface area contributed by atoms with Crippen molar-refractivity contribution in [2.24, 2.45) is 0 Å². The average molecular weight is 1610 g/mol. The van der Waals surface area contributed by atoms with Crippen LogP contribution < -0.4 is 15.3 Å². The van der Waals surface area contributed by atoms with Gasteiger partial charge in [-0.25, -0.2) is 0 Å². The maximum absolute atomic E-state index is 13.0. The summed E-state index contributed by atoms with van der Waals surface area (Å²) < 4.78 is 0. The molecule has 15 rings (SSSR count). The molecule has 15 aromatic carbocycles. The number of aromatic carboxylic acids is 3. The van der Waals surface area contributed by atoms with Crippen molar-refractivity contribution in [1.82, 2.24) is 0 Å². The average Bonchev–Trinajstić information content (AvgIpc) is 0.768. The third kappa shape index (κ3) is 18.0. The molecule has 7 heteroatoms. The van der Waals surface area contributed by atoms with E-state index in [2.05, 4.69) is 146 Å². The molecule has 0 aliphatic carbocycles. The molecule has 0 saturated heterocycles. The van der Waals surface area contributed by atoms with Crippen LogP contribution in [0.25, 0.3) is 0 Å². The van der Waals surface area contributed by atoms with Crippen molar-refractivity contribution >= 4 is 44.1 Å². The van der Waals surface area contributed by atoms with E-state index in [0.717, 1.165) is 117 Å². The molecule has 0 heterocycles. The fraction of sp³-hybridized carbons (Fsp3) is 0.0882. The van der Waals surface area contributed by atoms with Gasteiger partial charge < -0.3 is 29.7 Å². The van der Waals surface area contributed by atoms with Crippen molar-refractivity contribution in [3.05, 3.63) is 534 Å². The zero-order valence-corrected chi connectivity index (χ0v) is 64.4. The SMILES string of the molecule is Cc1cc(C(c2ccccc2)c2ccccc2)c(C(=O)[O-])c(C(c2ccccc2)c2ccccc2)c1.Cc1cc(C(c2ccccc2)c2ccccc2)c(C(=O)[O-])c(C(c2ccccc2)c2ccccc2)c1.Cc1cc(C(c2ccccc2)c2ccccc2)c(C(=O)[O-])c(C(c2ccccc2)c2ccccc2)c1.[Bi+3]. The van der Waals surface area contributed by atoms with Crippen molar-refractivity contribution in [1.29, 1.82) is 0 Å². The summed E-state index contributed by atoms with van der Waals surface area (Å²) in [7, 11) is 0. The van der Waals surface area contributed by atoms with Gasteiger partial charge in [-0.1, -0.05) is 417 Å². The van der Waals surface area contributed by atoms with E-state index in [1.54, 1.807) is 0 Å². The molecular weight excluding hydrogens is 1530 g/mol. The fourth-order valence-electron chi connectivity index (χ4n) is 15.7. The molecule has 0 unspecified atom stereocenters. The Morgan fingerprint density at radius 1 is 0.183 bits per heavy atom. The predicted molar refractivity (Wildman–Crippen MR) is 435 cm³/mol. The van der Waals surface area contributed by atoms with Gasteiger partial charge in [0, 0.05) is 52.2 Å². The fourth-order valence-corrected chi connectivity index (χ4v) is 15.7. The van der Waals surface area contributed by atoms with Crippen molar-refractivity contribution in [3.63, 3.8) is 0 Å². The van der Waals surface area contributed by atoms with Crippen molar-refractivity contribution < 1.29 is 29.7 Å². The van der Waals surface area contributed by atoms with Gasteiger partial charge in [-0.3, -0.25) is 0 Å². The predicted octanol–water partition coefficient (Wildman–Crippen LogP) is 19.8. The Balaban J connectivity index is 0.000000152. The van der Waals surface area contributed by atoms with E-state index in [1.807, 2.05) is 276 Å². The summed E-state index contributed by atoms with van der Waals surface area (Å²) in [5.41, 5.74) is 20.8. The zero-order chi connectivity index (χ0) is 74.7. The normalized spacial score (nSPS) is 11.0. The van der Waals surface area contributed by atoms with Crippen LogP contribution in [-0.2, 0) is 0 Å². The first-order valence-corrected chi connectivity index (χ1v) is 36.6. The molecule has 0 bridgehead atoms. The van der Waals surface area contributed by atoms with Crippen LogP contribution >= 0.6 is 0 Å². The molecule has 0 aliphatic rings. The van der Waals surface area contributed by atoms with Crippen LogP contribution in [0.15, 0.2) is 400 Å². The maximum Gasteiger partial charge on any atom is 3.00 e. The van der Waals surface area contributed by atoms with Crippen LogP contribution in [0.4, 0.5) is 0 Å². The Morgan fingerprint density at radius 3 is 0.358 bits per heavy atom. The Bertz CT molecular complexity index is 4330. The van der Waals surface area contributed by atoms with Crippen molar-refractivity contribution in [2.75, 3.05) is 0 Å². The molecule has 0 atom stereocenters. The first-order chi connectivity index (χ1) is 52.9. The molecule has 530 valence electrons. The minimum Gasteiger partial charge on any atom is -0.545 e. The quantitative estimate of drug-likeness (QED) is 0.0522. The largest absolute Gasteiger partial charge is 3.00 e. The molecule has 2 radical (unpaired) electrons. The van der Waals surface area contributed by atoms with E-state index in [0.29, 0.717) is 0 Å². The minimum absolute atomic E-state index is 0. The van der Waals surface area contributed by atoms with Crippen molar-refractivity contribution in [3.8, 4) is 0 Å². The number of carbonyl (C=O) groups excluding carboxylic acids is 3.